The van der Waals surface area contributed by atoms with Crippen molar-refractivity contribution >= 4 is 21.9 Å². The van der Waals surface area contributed by atoms with E-state index in [1.54, 1.807) is 12.1 Å². The zero-order chi connectivity index (χ0) is 13.1. The van der Waals surface area contributed by atoms with Crippen LogP contribution in [-0.2, 0) is 11.2 Å². The van der Waals surface area contributed by atoms with Crippen molar-refractivity contribution in [2.75, 3.05) is 0 Å². The third kappa shape index (κ3) is 2.76. The summed E-state index contributed by atoms with van der Waals surface area (Å²) in [7, 11) is 0. The lowest BCUT2D eigenvalue weighted by atomic mass is 10.0. The van der Waals surface area contributed by atoms with Gasteiger partial charge in [-0.15, -0.1) is 0 Å². The van der Waals surface area contributed by atoms with E-state index in [2.05, 4.69) is 21.1 Å². The lowest BCUT2D eigenvalue weighted by molar-refractivity contribution is -0.136. The van der Waals surface area contributed by atoms with Crippen LogP contribution in [0.1, 0.15) is 12.0 Å². The number of halogens is 2. The number of carbonyl (C=O) groups is 1. The molecule has 2 aromatic rings. The Morgan fingerprint density at radius 3 is 2.94 bits per heavy atom. The van der Waals surface area contributed by atoms with Crippen LogP contribution in [0.25, 0.3) is 11.3 Å². The van der Waals surface area contributed by atoms with E-state index in [-0.39, 0.29) is 12.2 Å². The van der Waals surface area contributed by atoms with Crippen molar-refractivity contribution in [2.45, 2.75) is 12.8 Å². The highest BCUT2D eigenvalue weighted by Crippen LogP contribution is 2.27. The highest BCUT2D eigenvalue weighted by atomic mass is 79.9. The fourth-order valence-electron chi connectivity index (χ4n) is 1.56. The van der Waals surface area contributed by atoms with Crippen molar-refractivity contribution in [1.29, 1.82) is 0 Å². The highest BCUT2D eigenvalue weighted by molar-refractivity contribution is 9.10. The molecule has 4 nitrogen and oxygen atoms in total. The average Bonchev–Trinajstić information content (AvgIpc) is 2.78. The summed E-state index contributed by atoms with van der Waals surface area (Å²) in [5, 5.41) is 12.5. The normalized spacial score (nSPS) is 10.6. The minimum absolute atomic E-state index is 0.00340. The number of aliphatic carboxylic acids is 1. The molecule has 1 aromatic heterocycles. The van der Waals surface area contributed by atoms with E-state index in [0.29, 0.717) is 27.7 Å². The molecule has 1 heterocycles. The summed E-state index contributed by atoms with van der Waals surface area (Å²) in [5.74, 6) is -1.25. The predicted octanol–water partition coefficient (Wildman–Crippen LogP) is 3.26. The molecule has 0 atom stereocenters. The van der Waals surface area contributed by atoms with Gasteiger partial charge < -0.3 is 9.63 Å². The number of rotatable bonds is 4. The van der Waals surface area contributed by atoms with E-state index in [4.69, 9.17) is 9.63 Å². The van der Waals surface area contributed by atoms with Crippen LogP contribution in [0.4, 0.5) is 4.39 Å². The largest absolute Gasteiger partial charge is 0.481 e. The maximum atomic E-state index is 13.1. The molecule has 0 aliphatic heterocycles. The zero-order valence-corrected chi connectivity index (χ0v) is 10.8. The van der Waals surface area contributed by atoms with Gasteiger partial charge in [0, 0.05) is 17.5 Å². The monoisotopic (exact) mass is 313 g/mol. The second-order valence-electron chi connectivity index (χ2n) is 3.71. The van der Waals surface area contributed by atoms with E-state index in [9.17, 15) is 9.18 Å². The first kappa shape index (κ1) is 12.8. The van der Waals surface area contributed by atoms with E-state index >= 15 is 0 Å². The van der Waals surface area contributed by atoms with Crippen LogP contribution in [-0.4, -0.2) is 16.2 Å². The maximum Gasteiger partial charge on any atom is 0.303 e. The van der Waals surface area contributed by atoms with E-state index in [1.165, 1.54) is 12.3 Å². The van der Waals surface area contributed by atoms with Crippen molar-refractivity contribution in [3.05, 3.63) is 40.3 Å². The summed E-state index contributed by atoms with van der Waals surface area (Å²) in [4.78, 5) is 10.5. The summed E-state index contributed by atoms with van der Waals surface area (Å²) < 4.78 is 18.3. The summed E-state index contributed by atoms with van der Waals surface area (Å²) in [5.41, 5.74) is 1.91. The molecule has 2 rings (SSSR count). The van der Waals surface area contributed by atoms with E-state index in [1.807, 2.05) is 0 Å². The first-order chi connectivity index (χ1) is 8.58. The summed E-state index contributed by atoms with van der Waals surface area (Å²) >= 11 is 3.09. The van der Waals surface area contributed by atoms with Gasteiger partial charge in [-0.2, -0.15) is 0 Å². The smallest absolute Gasteiger partial charge is 0.303 e. The Morgan fingerprint density at radius 2 is 2.28 bits per heavy atom. The number of aromatic nitrogens is 1. The first-order valence-electron chi connectivity index (χ1n) is 5.18. The molecule has 0 saturated heterocycles. The van der Waals surface area contributed by atoms with Gasteiger partial charge in [-0.05, 0) is 40.5 Å². The fourth-order valence-corrected chi connectivity index (χ4v) is 1.94. The van der Waals surface area contributed by atoms with Crippen molar-refractivity contribution < 1.29 is 18.8 Å². The molecule has 0 amide bonds. The Bertz CT molecular complexity index is 582. The van der Waals surface area contributed by atoms with Crippen LogP contribution in [0.5, 0.6) is 0 Å². The molecule has 1 N–H and O–H groups in total. The van der Waals surface area contributed by atoms with Crippen LogP contribution < -0.4 is 0 Å². The molecule has 0 bridgehead atoms. The van der Waals surface area contributed by atoms with Crippen molar-refractivity contribution in [3.8, 4) is 11.3 Å². The summed E-state index contributed by atoms with van der Waals surface area (Å²) in [6, 6.07) is 4.47. The molecule has 0 spiro atoms. The number of hydrogen-bond acceptors (Lipinski definition) is 3. The molecule has 1 aromatic carbocycles. The number of hydrogen-bond donors (Lipinski definition) is 1. The molecule has 0 aliphatic carbocycles. The third-order valence-electron chi connectivity index (χ3n) is 2.44. The zero-order valence-electron chi connectivity index (χ0n) is 9.19. The second-order valence-corrected chi connectivity index (χ2v) is 4.57. The standard InChI is InChI=1S/C12H9BrFNO3/c13-9-5-7(1-3-10(9)14)12-8(6-18-15-12)2-4-11(16)17/h1,3,5-6H,2,4H2,(H,16,17). The molecule has 94 valence electrons. The quantitative estimate of drug-likeness (QED) is 0.941. The number of benzene rings is 1. The van der Waals surface area contributed by atoms with Gasteiger partial charge in [0.25, 0.3) is 0 Å². The average molecular weight is 314 g/mol. The summed E-state index contributed by atoms with van der Waals surface area (Å²) in [6.45, 7) is 0. The van der Waals surface area contributed by atoms with E-state index in [0.717, 1.165) is 0 Å². The van der Waals surface area contributed by atoms with Gasteiger partial charge in [-0.25, -0.2) is 4.39 Å². The minimum atomic E-state index is -0.887. The van der Waals surface area contributed by atoms with Gasteiger partial charge in [-0.3, -0.25) is 4.79 Å². The molecular formula is C12H9BrFNO3. The third-order valence-corrected chi connectivity index (χ3v) is 3.05. The van der Waals surface area contributed by atoms with Crippen molar-refractivity contribution in [3.63, 3.8) is 0 Å². The number of carboxylic acids is 1. The molecule has 18 heavy (non-hydrogen) atoms. The lowest BCUT2D eigenvalue weighted by Gasteiger charge is -2.01. The Morgan fingerprint density at radius 1 is 1.50 bits per heavy atom. The van der Waals surface area contributed by atoms with Gasteiger partial charge in [0.1, 0.15) is 17.8 Å². The Hall–Kier alpha value is -1.69. The number of nitrogens with zero attached hydrogens (tertiary/aromatic N) is 1. The predicted molar refractivity (Wildman–Crippen MR) is 65.6 cm³/mol. The van der Waals surface area contributed by atoms with Crippen LogP contribution in [0, 0.1) is 5.82 Å². The van der Waals surface area contributed by atoms with Gasteiger partial charge in [0.15, 0.2) is 0 Å². The topological polar surface area (TPSA) is 63.3 Å². The molecular weight excluding hydrogens is 305 g/mol. The first-order valence-corrected chi connectivity index (χ1v) is 5.97. The SMILES string of the molecule is O=C(O)CCc1conc1-c1ccc(F)c(Br)c1. The van der Waals surface area contributed by atoms with Crippen molar-refractivity contribution in [2.24, 2.45) is 0 Å². The molecule has 0 saturated carbocycles. The molecule has 0 radical (unpaired) electrons. The van der Waals surface area contributed by atoms with Crippen LogP contribution in [0.3, 0.4) is 0 Å². The fraction of sp³-hybridized carbons (Fsp3) is 0.167. The van der Waals surface area contributed by atoms with Crippen LogP contribution >= 0.6 is 15.9 Å². The van der Waals surface area contributed by atoms with Gasteiger partial charge in [0.2, 0.25) is 0 Å². The summed E-state index contributed by atoms with van der Waals surface area (Å²) in [6.07, 6.45) is 1.73. The molecule has 0 unspecified atom stereocenters. The van der Waals surface area contributed by atoms with E-state index < -0.39 is 5.97 Å². The van der Waals surface area contributed by atoms with Gasteiger partial charge >= 0.3 is 5.97 Å². The maximum absolute atomic E-state index is 13.1. The van der Waals surface area contributed by atoms with Crippen LogP contribution in [0.2, 0.25) is 0 Å². The number of aryl methyl sites for hydroxylation is 1. The van der Waals surface area contributed by atoms with Gasteiger partial charge in [0.05, 0.1) is 4.47 Å². The molecule has 6 heteroatoms. The minimum Gasteiger partial charge on any atom is -0.481 e. The van der Waals surface area contributed by atoms with Gasteiger partial charge in [-0.1, -0.05) is 5.16 Å². The van der Waals surface area contributed by atoms with Crippen LogP contribution in [0.15, 0.2) is 33.5 Å². The Balaban J connectivity index is 2.30. The second kappa shape index (κ2) is 5.30. The highest BCUT2D eigenvalue weighted by Gasteiger charge is 2.13. The number of carboxylic acid groups (broad SMARTS) is 1. The lowest BCUT2D eigenvalue weighted by Crippen LogP contribution is -1.97. The Kier molecular flexibility index (Phi) is 3.76. The molecule has 0 fully saturated rings. The Labute approximate surface area is 111 Å². The van der Waals surface area contributed by atoms with Crippen molar-refractivity contribution in [1.82, 2.24) is 5.16 Å². The molecule has 0 aliphatic rings.